The molecular weight excluding hydrogens is 363 g/mol. The highest BCUT2D eigenvalue weighted by atomic mass is 19.1. The Hall–Kier alpha value is -2.62. The molecule has 0 radical (unpaired) electrons. The van der Waals surface area contributed by atoms with Crippen molar-refractivity contribution in [2.24, 2.45) is 0 Å². The third-order valence-electron chi connectivity index (χ3n) is 5.56. The van der Waals surface area contributed by atoms with E-state index in [1.54, 1.807) is 12.1 Å². The first kappa shape index (κ1) is 21.1. The minimum atomic E-state index is -0.270. The van der Waals surface area contributed by atoms with Crippen LogP contribution in [0.2, 0.25) is 0 Å². The second kappa shape index (κ2) is 9.73. The monoisotopic (exact) mass is 394 g/mol. The summed E-state index contributed by atoms with van der Waals surface area (Å²) in [4.78, 5) is 18.5. The molecule has 1 amide bonds. The summed E-state index contributed by atoms with van der Waals surface area (Å²) in [5, 5.41) is 1.11. The molecule has 0 spiro atoms. The van der Waals surface area contributed by atoms with E-state index in [1.165, 1.54) is 11.6 Å². The second-order valence-corrected chi connectivity index (χ2v) is 7.63. The van der Waals surface area contributed by atoms with Crippen molar-refractivity contribution in [1.29, 1.82) is 0 Å². The number of nitrogens with one attached hydrogen (secondary N) is 1. The van der Waals surface area contributed by atoms with E-state index in [1.807, 2.05) is 17.2 Å². The predicted molar refractivity (Wildman–Crippen MR) is 118 cm³/mol. The molecule has 154 valence electrons. The fraction of sp³-hybridized carbons (Fsp3) is 0.400. The zero-order valence-electron chi connectivity index (χ0n) is 17.7. The Balaban J connectivity index is 2.04. The number of halogens is 1. The highest BCUT2D eigenvalue weighted by molar-refractivity contribution is 5.88. The van der Waals surface area contributed by atoms with Gasteiger partial charge in [-0.25, -0.2) is 4.39 Å². The Morgan fingerprint density at radius 2 is 1.79 bits per heavy atom. The summed E-state index contributed by atoms with van der Waals surface area (Å²) in [6, 6.07) is 12.9. The molecule has 0 bridgehead atoms. The largest absolute Gasteiger partial charge is 0.361 e. The van der Waals surface area contributed by atoms with Gasteiger partial charge < -0.3 is 9.88 Å². The summed E-state index contributed by atoms with van der Waals surface area (Å²) in [6.07, 6.45) is 5.14. The van der Waals surface area contributed by atoms with Gasteiger partial charge in [0.05, 0.1) is 0 Å². The highest BCUT2D eigenvalue weighted by Crippen LogP contribution is 2.35. The van der Waals surface area contributed by atoms with Gasteiger partial charge in [-0.2, -0.15) is 0 Å². The third-order valence-corrected chi connectivity index (χ3v) is 5.56. The van der Waals surface area contributed by atoms with Gasteiger partial charge in [-0.05, 0) is 48.1 Å². The zero-order valence-corrected chi connectivity index (χ0v) is 17.7. The molecule has 0 aliphatic heterocycles. The van der Waals surface area contributed by atoms with E-state index in [2.05, 4.69) is 44.0 Å². The third kappa shape index (κ3) is 4.69. The number of aromatic nitrogens is 1. The molecule has 1 aromatic heterocycles. The summed E-state index contributed by atoms with van der Waals surface area (Å²) in [5.41, 5.74) is 4.26. The maximum absolute atomic E-state index is 14.0. The lowest BCUT2D eigenvalue weighted by Gasteiger charge is -2.25. The van der Waals surface area contributed by atoms with Crippen LogP contribution < -0.4 is 0 Å². The zero-order chi connectivity index (χ0) is 20.8. The van der Waals surface area contributed by atoms with Crippen molar-refractivity contribution < 1.29 is 9.18 Å². The SMILES string of the molecule is CCCN(CCC)C(=O)C[C@H](c1cccc(F)c1)c1c[nH]c2c(CC)cccc12. The van der Waals surface area contributed by atoms with E-state index in [0.717, 1.165) is 54.4 Å². The van der Waals surface area contributed by atoms with Gasteiger partial charge in [0.15, 0.2) is 0 Å². The highest BCUT2D eigenvalue weighted by Gasteiger charge is 2.24. The Kier molecular flexibility index (Phi) is 7.08. The molecule has 3 rings (SSSR count). The van der Waals surface area contributed by atoms with Crippen LogP contribution in [0.15, 0.2) is 48.7 Å². The molecular formula is C25H31FN2O. The molecule has 0 aliphatic rings. The molecule has 0 saturated carbocycles. The van der Waals surface area contributed by atoms with E-state index < -0.39 is 0 Å². The minimum absolute atomic E-state index is 0.129. The van der Waals surface area contributed by atoms with Gasteiger partial charge >= 0.3 is 0 Å². The molecule has 3 aromatic rings. The number of fused-ring (bicyclic) bond motifs is 1. The fourth-order valence-electron chi connectivity index (χ4n) is 4.16. The Morgan fingerprint density at radius 3 is 2.45 bits per heavy atom. The number of nitrogens with zero attached hydrogens (tertiary/aromatic N) is 1. The molecule has 0 aliphatic carbocycles. The Labute approximate surface area is 172 Å². The van der Waals surface area contributed by atoms with Crippen LogP contribution in [0.5, 0.6) is 0 Å². The Morgan fingerprint density at radius 1 is 1.07 bits per heavy atom. The Bertz CT molecular complexity index is 956. The summed E-state index contributed by atoms with van der Waals surface area (Å²) in [5.74, 6) is -0.327. The lowest BCUT2D eigenvalue weighted by atomic mass is 9.87. The first-order valence-electron chi connectivity index (χ1n) is 10.7. The number of aryl methyl sites for hydroxylation is 1. The minimum Gasteiger partial charge on any atom is -0.361 e. The quantitative estimate of drug-likeness (QED) is 0.472. The van der Waals surface area contributed by atoms with Crippen LogP contribution in [0.3, 0.4) is 0 Å². The van der Waals surface area contributed by atoms with Crippen LogP contribution in [0.1, 0.15) is 62.6 Å². The van der Waals surface area contributed by atoms with Gasteiger partial charge in [-0.1, -0.05) is 51.1 Å². The van der Waals surface area contributed by atoms with Crippen LogP contribution in [-0.2, 0) is 11.2 Å². The van der Waals surface area contributed by atoms with Crippen molar-refractivity contribution in [2.75, 3.05) is 13.1 Å². The van der Waals surface area contributed by atoms with Crippen LogP contribution in [0.4, 0.5) is 4.39 Å². The van der Waals surface area contributed by atoms with E-state index in [4.69, 9.17) is 0 Å². The van der Waals surface area contributed by atoms with Crippen molar-refractivity contribution >= 4 is 16.8 Å². The molecule has 0 saturated heterocycles. The van der Waals surface area contributed by atoms with Gasteiger partial charge in [0.25, 0.3) is 0 Å². The molecule has 0 unspecified atom stereocenters. The van der Waals surface area contributed by atoms with Crippen molar-refractivity contribution in [3.8, 4) is 0 Å². The molecule has 4 heteroatoms. The topological polar surface area (TPSA) is 36.1 Å². The van der Waals surface area contributed by atoms with Gasteiger partial charge in [0.2, 0.25) is 5.91 Å². The van der Waals surface area contributed by atoms with E-state index >= 15 is 0 Å². The summed E-state index contributed by atoms with van der Waals surface area (Å²) in [7, 11) is 0. The number of para-hydroxylation sites is 1. The van der Waals surface area contributed by atoms with Crippen molar-refractivity contribution in [3.05, 3.63) is 71.2 Å². The lowest BCUT2D eigenvalue weighted by Crippen LogP contribution is -2.33. The number of H-pyrrole nitrogens is 1. The van der Waals surface area contributed by atoms with Crippen LogP contribution in [0.25, 0.3) is 10.9 Å². The normalized spacial score (nSPS) is 12.3. The number of hydrogen-bond acceptors (Lipinski definition) is 1. The number of amides is 1. The lowest BCUT2D eigenvalue weighted by molar-refractivity contribution is -0.131. The molecule has 0 fully saturated rings. The van der Waals surface area contributed by atoms with Crippen LogP contribution in [-0.4, -0.2) is 28.9 Å². The molecule has 1 heterocycles. The maximum atomic E-state index is 14.0. The van der Waals surface area contributed by atoms with Crippen molar-refractivity contribution in [3.63, 3.8) is 0 Å². The number of benzene rings is 2. The number of hydrogen-bond donors (Lipinski definition) is 1. The fourth-order valence-corrected chi connectivity index (χ4v) is 4.16. The number of carbonyl (C=O) groups is 1. The van der Waals surface area contributed by atoms with E-state index in [9.17, 15) is 9.18 Å². The van der Waals surface area contributed by atoms with Gasteiger partial charge in [0.1, 0.15) is 5.82 Å². The smallest absolute Gasteiger partial charge is 0.223 e. The molecule has 2 aromatic carbocycles. The molecule has 1 N–H and O–H groups in total. The average molecular weight is 395 g/mol. The van der Waals surface area contributed by atoms with Crippen LogP contribution in [0, 0.1) is 5.82 Å². The first-order chi connectivity index (χ1) is 14.1. The maximum Gasteiger partial charge on any atom is 0.223 e. The summed E-state index contributed by atoms with van der Waals surface area (Å²) in [6.45, 7) is 7.83. The molecule has 29 heavy (non-hydrogen) atoms. The molecule has 1 atom stereocenters. The first-order valence-corrected chi connectivity index (χ1v) is 10.7. The van der Waals surface area contributed by atoms with Gasteiger partial charge in [-0.3, -0.25) is 4.79 Å². The van der Waals surface area contributed by atoms with Crippen molar-refractivity contribution in [1.82, 2.24) is 9.88 Å². The van der Waals surface area contributed by atoms with Gasteiger partial charge in [-0.15, -0.1) is 0 Å². The van der Waals surface area contributed by atoms with Gasteiger partial charge in [0, 0.05) is 42.5 Å². The standard InChI is InChI=1S/C25H31FN2O/c1-4-13-28(14-5-2)24(29)16-22(19-10-7-11-20(26)15-19)23-17-27-25-18(6-3)9-8-12-21(23)25/h7-12,15,17,22,27H,4-6,13-14,16H2,1-3H3/t22-/m1/s1. The van der Waals surface area contributed by atoms with E-state index in [0.29, 0.717) is 6.42 Å². The second-order valence-electron chi connectivity index (χ2n) is 7.63. The van der Waals surface area contributed by atoms with E-state index in [-0.39, 0.29) is 17.6 Å². The summed E-state index contributed by atoms with van der Waals surface area (Å²) < 4.78 is 14.0. The number of aromatic amines is 1. The van der Waals surface area contributed by atoms with Crippen molar-refractivity contribution in [2.45, 2.75) is 52.4 Å². The number of carbonyl (C=O) groups excluding carboxylic acids is 1. The number of rotatable bonds is 9. The predicted octanol–water partition coefficient (Wildman–Crippen LogP) is 6.04. The average Bonchev–Trinajstić information content (AvgIpc) is 3.15. The molecule has 3 nitrogen and oxygen atoms in total. The summed E-state index contributed by atoms with van der Waals surface area (Å²) >= 11 is 0. The van der Waals surface area contributed by atoms with Crippen LogP contribution >= 0.6 is 0 Å².